The van der Waals surface area contributed by atoms with Crippen molar-refractivity contribution in [2.24, 2.45) is 5.14 Å². The van der Waals surface area contributed by atoms with Gasteiger partial charge in [0.1, 0.15) is 5.82 Å². The van der Waals surface area contributed by atoms with E-state index >= 15 is 0 Å². The fourth-order valence-corrected chi connectivity index (χ4v) is 3.57. The molecule has 2 heterocycles. The Morgan fingerprint density at radius 1 is 1.03 bits per heavy atom. The van der Waals surface area contributed by atoms with Crippen molar-refractivity contribution in [3.8, 4) is 0 Å². The Labute approximate surface area is 203 Å². The summed E-state index contributed by atoms with van der Waals surface area (Å²) < 4.78 is 58.6. The molecule has 13 nitrogen and oxygen atoms in total. The van der Waals surface area contributed by atoms with Gasteiger partial charge in [-0.05, 0) is 42.8 Å². The molecule has 0 radical (unpaired) electrons. The van der Waals surface area contributed by atoms with Crippen molar-refractivity contribution in [1.82, 2.24) is 9.97 Å². The maximum absolute atomic E-state index is 12.5. The van der Waals surface area contributed by atoms with Crippen molar-refractivity contribution in [2.45, 2.75) is 32.2 Å². The maximum atomic E-state index is 12.5. The molecule has 0 atom stereocenters. The van der Waals surface area contributed by atoms with E-state index in [9.17, 15) is 13.2 Å². The Hall–Kier alpha value is -3.24. The summed E-state index contributed by atoms with van der Waals surface area (Å²) in [5, 5.41) is 10.8. The van der Waals surface area contributed by atoms with Crippen molar-refractivity contribution >= 4 is 33.4 Å². The number of aryl methyl sites for hydroxylation is 3. The number of halogens is 1. The van der Waals surface area contributed by atoms with Gasteiger partial charge in [-0.2, -0.15) is 9.55 Å². The van der Waals surface area contributed by atoms with Crippen LogP contribution in [-0.2, 0) is 21.4 Å². The molecule has 0 saturated carbocycles. The van der Waals surface area contributed by atoms with E-state index in [2.05, 4.69) is 20.6 Å². The Morgan fingerprint density at radius 3 is 2.09 bits per heavy atom. The van der Waals surface area contributed by atoms with Gasteiger partial charge in [-0.1, -0.05) is 0 Å². The highest BCUT2D eigenvalue weighted by atomic mass is 35.7. The van der Waals surface area contributed by atoms with Crippen LogP contribution in [0.25, 0.3) is 0 Å². The Kier molecular flexibility index (Phi) is 9.17. The second kappa shape index (κ2) is 11.5. The molecule has 0 aliphatic carbocycles. The lowest BCUT2D eigenvalue weighted by molar-refractivity contribution is -2.00. The molecular formula is C20H23ClN6O7S. The maximum Gasteiger partial charge on any atom is 0.292 e. The van der Waals surface area contributed by atoms with Crippen molar-refractivity contribution < 1.29 is 46.7 Å². The van der Waals surface area contributed by atoms with Crippen LogP contribution in [0.5, 0.6) is 0 Å². The van der Waals surface area contributed by atoms with E-state index in [1.807, 2.05) is 37.5 Å². The Morgan fingerprint density at radius 2 is 1.57 bits per heavy atom. The highest BCUT2D eigenvalue weighted by Gasteiger charge is 2.17. The van der Waals surface area contributed by atoms with Crippen molar-refractivity contribution in [1.29, 1.82) is 0 Å². The first-order chi connectivity index (χ1) is 16.1. The third kappa shape index (κ3) is 9.87. The first-order valence-corrected chi connectivity index (χ1v) is 12.5. The van der Waals surface area contributed by atoms with Crippen LogP contribution in [0.4, 0.5) is 17.5 Å². The number of aromatic nitrogens is 3. The molecule has 35 heavy (non-hydrogen) atoms. The number of amides is 1. The second-order valence-electron chi connectivity index (χ2n) is 7.29. The fourth-order valence-electron chi connectivity index (χ4n) is 3.06. The predicted molar refractivity (Wildman–Crippen MR) is 113 cm³/mol. The van der Waals surface area contributed by atoms with Gasteiger partial charge < -0.3 is 5.32 Å². The molecule has 0 fully saturated rings. The molecule has 1 aromatic carbocycles. The zero-order chi connectivity index (χ0) is 26.4. The number of benzene rings is 1. The summed E-state index contributed by atoms with van der Waals surface area (Å²) in [4.78, 5) is 20.8. The first kappa shape index (κ1) is 28.0. The van der Waals surface area contributed by atoms with Gasteiger partial charge in [0.25, 0.3) is 5.91 Å². The summed E-state index contributed by atoms with van der Waals surface area (Å²) >= 11 is 0. The quantitative estimate of drug-likeness (QED) is 0.275. The van der Waals surface area contributed by atoms with Gasteiger partial charge >= 0.3 is 0 Å². The van der Waals surface area contributed by atoms with Crippen LogP contribution in [0, 0.1) is 31.0 Å². The molecule has 4 N–H and O–H groups in total. The van der Waals surface area contributed by atoms with Crippen LogP contribution >= 0.6 is 0 Å². The van der Waals surface area contributed by atoms with E-state index in [0.29, 0.717) is 11.5 Å². The number of hydrogen-bond acceptors (Lipinski definition) is 10. The van der Waals surface area contributed by atoms with Gasteiger partial charge in [0.2, 0.25) is 22.5 Å². The Balaban J connectivity index is 0.000000784. The van der Waals surface area contributed by atoms with Crippen molar-refractivity contribution in [3.63, 3.8) is 0 Å². The molecule has 3 rings (SSSR count). The number of pyridine rings is 1. The van der Waals surface area contributed by atoms with Crippen LogP contribution in [0.15, 0.2) is 53.6 Å². The van der Waals surface area contributed by atoms with E-state index in [0.717, 1.165) is 17.0 Å². The smallest absolute Gasteiger partial charge is 0.292 e. The molecule has 3 aromatic rings. The van der Waals surface area contributed by atoms with E-state index in [1.54, 1.807) is 18.2 Å². The van der Waals surface area contributed by atoms with Gasteiger partial charge in [0, 0.05) is 37.9 Å². The molecule has 0 unspecified atom stereocenters. The van der Waals surface area contributed by atoms with Gasteiger partial charge in [-0.15, -0.1) is 10.2 Å². The molecule has 0 spiro atoms. The lowest BCUT2D eigenvalue weighted by atomic mass is 10.2. The number of anilines is 3. The number of nitrogens with one attached hydrogen (secondary N) is 2. The largest absolute Gasteiger partial charge is 0.340 e. The summed E-state index contributed by atoms with van der Waals surface area (Å²) in [6.45, 7) is 6.07. The summed E-state index contributed by atoms with van der Waals surface area (Å²) in [7, 11) is -8.69. The third-order valence-corrected chi connectivity index (χ3v) is 5.32. The summed E-state index contributed by atoms with van der Waals surface area (Å²) in [5.74, 6) is 0.359. The van der Waals surface area contributed by atoms with E-state index in [4.69, 9.17) is 23.8 Å². The van der Waals surface area contributed by atoms with E-state index < -0.39 is 20.3 Å². The normalized spacial score (nSPS) is 11.3. The topological polar surface area (TPSA) is 223 Å². The minimum absolute atomic E-state index is 0.0166. The number of nitrogens with two attached hydrogens (primary N) is 1. The van der Waals surface area contributed by atoms with Crippen molar-refractivity contribution in [3.05, 3.63) is 65.6 Å². The predicted octanol–water partition coefficient (Wildman–Crippen LogP) is -3.04. The minimum atomic E-state index is -4.94. The number of carbonyl (C=O) groups is 1. The number of carbonyl (C=O) groups excluding carboxylic acids is 1. The average molecular weight is 527 g/mol. The van der Waals surface area contributed by atoms with E-state index in [1.165, 1.54) is 18.3 Å². The first-order valence-electron chi connectivity index (χ1n) is 9.74. The fraction of sp³-hybridized carbons (Fsp3) is 0.200. The van der Waals surface area contributed by atoms with E-state index in [-0.39, 0.29) is 23.3 Å². The van der Waals surface area contributed by atoms with Crippen LogP contribution < -0.4 is 39.0 Å². The lowest BCUT2D eigenvalue weighted by Gasteiger charge is -2.17. The summed E-state index contributed by atoms with van der Waals surface area (Å²) in [5.41, 5.74) is 3.73. The number of sulfonamides is 1. The molecule has 0 saturated heterocycles. The summed E-state index contributed by atoms with van der Waals surface area (Å²) in [6, 6.07) is 11.6. The summed E-state index contributed by atoms with van der Waals surface area (Å²) in [6.07, 6.45) is 1.51. The molecule has 188 valence electrons. The van der Waals surface area contributed by atoms with Crippen LogP contribution in [-0.4, -0.2) is 24.3 Å². The number of rotatable bonds is 6. The molecule has 0 bridgehead atoms. The highest BCUT2D eigenvalue weighted by Crippen LogP contribution is 2.17. The van der Waals surface area contributed by atoms with Gasteiger partial charge in [-0.3, -0.25) is 10.1 Å². The monoisotopic (exact) mass is 526 g/mol. The van der Waals surface area contributed by atoms with Crippen LogP contribution in [0.3, 0.4) is 0 Å². The highest BCUT2D eigenvalue weighted by molar-refractivity contribution is 7.89. The molecule has 0 aliphatic heterocycles. The lowest BCUT2D eigenvalue weighted by Crippen LogP contribution is -2.68. The number of primary sulfonamides is 1. The minimum Gasteiger partial charge on any atom is -0.340 e. The number of nitrogens with zero attached hydrogens (tertiary/aromatic N) is 3. The molecular weight excluding hydrogens is 504 g/mol. The third-order valence-electron chi connectivity index (χ3n) is 4.39. The SMILES string of the molecule is Cc1cc(C)[n+](CC(=O)Nc2nccc(Nc3ccc(S(N)(=O)=O)cc3)n2)c(C)c1.[O-][Cl+3]([O-])([O-])[O-]. The Bertz CT molecular complexity index is 1270. The van der Waals surface area contributed by atoms with Crippen molar-refractivity contribution in [2.75, 3.05) is 10.6 Å². The van der Waals surface area contributed by atoms with Crippen LogP contribution in [0.1, 0.15) is 17.0 Å². The number of hydrogen-bond donors (Lipinski definition) is 3. The molecule has 15 heteroatoms. The van der Waals surface area contributed by atoms with Gasteiger partial charge in [0.05, 0.1) is 4.90 Å². The van der Waals surface area contributed by atoms with Crippen LogP contribution in [0.2, 0.25) is 0 Å². The molecule has 0 aliphatic rings. The van der Waals surface area contributed by atoms with Gasteiger partial charge in [-0.25, -0.2) is 37.2 Å². The average Bonchev–Trinajstić information content (AvgIpc) is 2.69. The zero-order valence-corrected chi connectivity index (χ0v) is 20.5. The molecule has 2 aromatic heterocycles. The standard InChI is InChI=1S/C20H22N6O3S.ClHO4/c1-13-10-14(2)26(15(3)11-13)12-19(27)25-20-22-9-8-18(24-20)23-16-4-6-17(7-5-16)30(21,28)29;2-1(3,4)5/h4-11H,12H2,1-3H3,(H3-,21,22,23,24,25,27,28,29);(H,2,3,4,5). The molecule has 1 amide bonds. The zero-order valence-electron chi connectivity index (χ0n) is 18.9. The van der Waals surface area contributed by atoms with Gasteiger partial charge in [0.15, 0.2) is 11.4 Å². The second-order valence-corrected chi connectivity index (χ2v) is 9.60.